The molecular weight excluding hydrogens is 204 g/mol. The molecule has 0 fully saturated rings. The molecule has 6 heteroatoms. The summed E-state index contributed by atoms with van der Waals surface area (Å²) in [4.78, 5) is 12.4. The number of guanidine groups is 1. The predicted octanol–water partition coefficient (Wildman–Crippen LogP) is -0.173. The molecule has 1 aliphatic rings. The van der Waals surface area contributed by atoms with E-state index < -0.39 is 0 Å². The summed E-state index contributed by atoms with van der Waals surface area (Å²) in [5.41, 5.74) is 0. The molecular formula is C10H16N6. The van der Waals surface area contributed by atoms with Crippen molar-refractivity contribution in [3.8, 4) is 0 Å². The normalized spacial score (nSPS) is 14.9. The Labute approximate surface area is 94.6 Å². The van der Waals surface area contributed by atoms with Crippen molar-refractivity contribution in [3.63, 3.8) is 0 Å². The lowest BCUT2D eigenvalue weighted by Gasteiger charge is -2.16. The van der Waals surface area contributed by atoms with Gasteiger partial charge in [-0.2, -0.15) is 0 Å². The molecule has 86 valence electrons. The molecule has 2 heterocycles. The number of nitrogens with zero attached hydrogens (tertiary/aromatic N) is 3. The van der Waals surface area contributed by atoms with Crippen LogP contribution in [0.1, 0.15) is 6.42 Å². The van der Waals surface area contributed by atoms with Gasteiger partial charge in [-0.25, -0.2) is 4.98 Å². The van der Waals surface area contributed by atoms with Gasteiger partial charge in [0, 0.05) is 38.6 Å². The van der Waals surface area contributed by atoms with Crippen LogP contribution in [0.15, 0.2) is 23.6 Å². The molecule has 0 unspecified atom stereocenters. The maximum Gasteiger partial charge on any atom is 0.191 e. The van der Waals surface area contributed by atoms with Crippen molar-refractivity contribution >= 4 is 11.8 Å². The Morgan fingerprint density at radius 1 is 1.25 bits per heavy atom. The van der Waals surface area contributed by atoms with E-state index in [0.717, 1.165) is 44.4 Å². The standard InChI is InChI=1S/C10H16N6/c1-2-14-10(15-3-1)16-7-6-13-9-8-11-4-5-12-9/h4-5,8H,1-3,6-7H2,(H,12,13)(H2,14,15,16). The Morgan fingerprint density at radius 2 is 2.19 bits per heavy atom. The van der Waals surface area contributed by atoms with Crippen molar-refractivity contribution in [2.24, 2.45) is 4.99 Å². The number of hydrogen-bond donors (Lipinski definition) is 3. The largest absolute Gasteiger partial charge is 0.367 e. The van der Waals surface area contributed by atoms with Gasteiger partial charge in [-0.3, -0.25) is 9.98 Å². The van der Waals surface area contributed by atoms with Gasteiger partial charge in [0.05, 0.1) is 6.20 Å². The number of hydrogen-bond acceptors (Lipinski definition) is 6. The van der Waals surface area contributed by atoms with E-state index in [4.69, 9.17) is 0 Å². The van der Waals surface area contributed by atoms with E-state index in [-0.39, 0.29) is 0 Å². The lowest BCUT2D eigenvalue weighted by Crippen LogP contribution is -2.42. The van der Waals surface area contributed by atoms with Gasteiger partial charge >= 0.3 is 0 Å². The van der Waals surface area contributed by atoms with E-state index >= 15 is 0 Å². The molecule has 2 rings (SSSR count). The monoisotopic (exact) mass is 220 g/mol. The molecule has 0 saturated carbocycles. The highest BCUT2D eigenvalue weighted by molar-refractivity contribution is 5.80. The second-order valence-electron chi connectivity index (χ2n) is 3.45. The molecule has 0 aromatic carbocycles. The molecule has 0 aliphatic carbocycles. The van der Waals surface area contributed by atoms with Crippen LogP contribution < -0.4 is 16.0 Å². The average molecular weight is 220 g/mol. The SMILES string of the molecule is c1cnc(NCCNC2=NCCCN2)cn1. The fourth-order valence-corrected chi connectivity index (χ4v) is 1.41. The number of aliphatic imine (C=N–C) groups is 1. The molecule has 0 amide bonds. The predicted molar refractivity (Wildman–Crippen MR) is 63.4 cm³/mol. The van der Waals surface area contributed by atoms with E-state index in [0.29, 0.717) is 0 Å². The summed E-state index contributed by atoms with van der Waals surface area (Å²) in [7, 11) is 0. The molecule has 0 spiro atoms. The molecule has 1 aliphatic heterocycles. The van der Waals surface area contributed by atoms with E-state index in [1.54, 1.807) is 18.6 Å². The van der Waals surface area contributed by atoms with Gasteiger partial charge in [0.1, 0.15) is 5.82 Å². The first kappa shape index (κ1) is 10.7. The van der Waals surface area contributed by atoms with Crippen molar-refractivity contribution in [3.05, 3.63) is 18.6 Å². The minimum atomic E-state index is 0.791. The van der Waals surface area contributed by atoms with E-state index in [1.165, 1.54) is 0 Å². The molecule has 3 N–H and O–H groups in total. The fraction of sp³-hybridized carbons (Fsp3) is 0.500. The summed E-state index contributed by atoms with van der Waals surface area (Å²) >= 11 is 0. The van der Waals surface area contributed by atoms with Gasteiger partial charge in [-0.05, 0) is 6.42 Å². The Morgan fingerprint density at radius 3 is 2.94 bits per heavy atom. The van der Waals surface area contributed by atoms with E-state index in [1.807, 2.05) is 0 Å². The Hall–Kier alpha value is -1.85. The Bertz CT molecular complexity index is 336. The highest BCUT2D eigenvalue weighted by Gasteiger charge is 2.01. The lowest BCUT2D eigenvalue weighted by atomic mass is 10.4. The number of anilines is 1. The maximum atomic E-state index is 4.31. The zero-order chi connectivity index (χ0) is 11.1. The topological polar surface area (TPSA) is 74.2 Å². The number of rotatable bonds is 4. The molecule has 16 heavy (non-hydrogen) atoms. The van der Waals surface area contributed by atoms with Crippen LogP contribution in [0.25, 0.3) is 0 Å². The first-order chi connectivity index (χ1) is 7.95. The van der Waals surface area contributed by atoms with E-state index in [9.17, 15) is 0 Å². The smallest absolute Gasteiger partial charge is 0.191 e. The Kier molecular flexibility index (Phi) is 3.93. The minimum absolute atomic E-state index is 0.791. The maximum absolute atomic E-state index is 4.31. The van der Waals surface area contributed by atoms with Gasteiger partial charge in [-0.15, -0.1) is 0 Å². The third kappa shape index (κ3) is 3.38. The zero-order valence-corrected chi connectivity index (χ0v) is 9.11. The minimum Gasteiger partial charge on any atom is -0.367 e. The van der Waals surface area contributed by atoms with Crippen molar-refractivity contribution in [2.75, 3.05) is 31.5 Å². The molecule has 0 bridgehead atoms. The zero-order valence-electron chi connectivity index (χ0n) is 9.11. The van der Waals surface area contributed by atoms with Crippen LogP contribution in [0.4, 0.5) is 5.82 Å². The molecule has 0 saturated heterocycles. The highest BCUT2D eigenvalue weighted by Crippen LogP contribution is 1.94. The first-order valence-corrected chi connectivity index (χ1v) is 5.47. The van der Waals surface area contributed by atoms with Crippen LogP contribution in [0, 0.1) is 0 Å². The second kappa shape index (κ2) is 5.89. The average Bonchev–Trinajstić information content (AvgIpc) is 2.37. The van der Waals surface area contributed by atoms with E-state index in [2.05, 4.69) is 30.9 Å². The summed E-state index contributed by atoms with van der Waals surface area (Å²) in [6.45, 7) is 3.51. The van der Waals surface area contributed by atoms with Crippen molar-refractivity contribution in [1.29, 1.82) is 0 Å². The van der Waals surface area contributed by atoms with Crippen LogP contribution in [-0.2, 0) is 0 Å². The molecule has 6 nitrogen and oxygen atoms in total. The van der Waals surface area contributed by atoms with Crippen LogP contribution >= 0.6 is 0 Å². The van der Waals surface area contributed by atoms with Crippen LogP contribution in [0.2, 0.25) is 0 Å². The summed E-state index contributed by atoms with van der Waals surface area (Å²) < 4.78 is 0. The summed E-state index contributed by atoms with van der Waals surface area (Å²) in [6.07, 6.45) is 6.14. The Balaban J connectivity index is 1.63. The summed E-state index contributed by atoms with van der Waals surface area (Å²) in [5.74, 6) is 1.69. The highest BCUT2D eigenvalue weighted by atomic mass is 15.2. The van der Waals surface area contributed by atoms with Crippen LogP contribution in [0.5, 0.6) is 0 Å². The van der Waals surface area contributed by atoms with Gasteiger partial charge in [-0.1, -0.05) is 0 Å². The number of nitrogens with one attached hydrogen (secondary N) is 3. The quantitative estimate of drug-likeness (QED) is 0.614. The third-order valence-electron chi connectivity index (χ3n) is 2.18. The second-order valence-corrected chi connectivity index (χ2v) is 3.45. The van der Waals surface area contributed by atoms with Crippen LogP contribution in [-0.4, -0.2) is 42.1 Å². The van der Waals surface area contributed by atoms with Gasteiger partial charge in [0.15, 0.2) is 5.96 Å². The van der Waals surface area contributed by atoms with Crippen molar-refractivity contribution in [2.45, 2.75) is 6.42 Å². The first-order valence-electron chi connectivity index (χ1n) is 5.47. The molecule has 1 aromatic rings. The van der Waals surface area contributed by atoms with Gasteiger partial charge in [0.25, 0.3) is 0 Å². The molecule has 0 radical (unpaired) electrons. The molecule has 0 atom stereocenters. The van der Waals surface area contributed by atoms with Gasteiger partial charge in [0.2, 0.25) is 0 Å². The fourth-order valence-electron chi connectivity index (χ4n) is 1.41. The number of aromatic nitrogens is 2. The lowest BCUT2D eigenvalue weighted by molar-refractivity contribution is 0.705. The summed E-state index contributed by atoms with van der Waals surface area (Å²) in [6, 6.07) is 0. The summed E-state index contributed by atoms with van der Waals surface area (Å²) in [5, 5.41) is 9.59. The van der Waals surface area contributed by atoms with Crippen molar-refractivity contribution in [1.82, 2.24) is 20.6 Å². The van der Waals surface area contributed by atoms with Crippen molar-refractivity contribution < 1.29 is 0 Å². The molecule has 1 aromatic heterocycles. The van der Waals surface area contributed by atoms with Crippen LogP contribution in [0.3, 0.4) is 0 Å². The third-order valence-corrected chi connectivity index (χ3v) is 2.18. The van der Waals surface area contributed by atoms with Gasteiger partial charge < -0.3 is 16.0 Å².